The van der Waals surface area contributed by atoms with E-state index >= 15 is 0 Å². The van der Waals surface area contributed by atoms with Gasteiger partial charge in [-0.3, -0.25) is 0 Å². The van der Waals surface area contributed by atoms with Crippen LogP contribution in [0.1, 0.15) is 78.1 Å². The molecule has 16 heavy (non-hydrogen) atoms. The van der Waals surface area contributed by atoms with Gasteiger partial charge in [0.25, 0.3) is 0 Å². The van der Waals surface area contributed by atoms with Crippen molar-refractivity contribution in [3.8, 4) is 0 Å². The zero-order valence-electron chi connectivity index (χ0n) is 11.4. The molecule has 0 aliphatic heterocycles. The second-order valence-corrected chi connectivity index (χ2v) is 5.70. The fourth-order valence-corrected chi connectivity index (χ4v) is 2.36. The third kappa shape index (κ3) is 6.52. The highest BCUT2D eigenvalue weighted by atomic mass is 14.9. The summed E-state index contributed by atoms with van der Waals surface area (Å²) in [6, 6.07) is 0.868. The van der Waals surface area contributed by atoms with Crippen LogP contribution in [-0.4, -0.2) is 12.6 Å². The molecule has 1 heteroatoms. The molecule has 0 heterocycles. The predicted octanol–water partition coefficient (Wildman–Crippen LogP) is 4.52. The first-order chi connectivity index (χ1) is 7.83. The fourth-order valence-electron chi connectivity index (χ4n) is 2.36. The minimum Gasteiger partial charge on any atom is -0.314 e. The van der Waals surface area contributed by atoms with Crippen LogP contribution in [0.15, 0.2) is 0 Å². The molecular formula is C15H31N. The number of hydrogen-bond donors (Lipinski definition) is 1. The zero-order valence-corrected chi connectivity index (χ0v) is 11.4. The molecule has 1 fully saturated rings. The zero-order chi connectivity index (χ0) is 11.6. The van der Waals surface area contributed by atoms with E-state index in [0.717, 1.165) is 12.0 Å². The van der Waals surface area contributed by atoms with Crippen LogP contribution in [-0.2, 0) is 0 Å². The van der Waals surface area contributed by atoms with E-state index < -0.39 is 0 Å². The average Bonchev–Trinajstić information content (AvgIpc) is 2.21. The Hall–Kier alpha value is -0.0400. The number of unbranched alkanes of at least 4 members (excludes halogenated alkanes) is 5. The summed E-state index contributed by atoms with van der Waals surface area (Å²) in [5.74, 6) is 0.881. The Morgan fingerprint density at radius 1 is 1.06 bits per heavy atom. The van der Waals surface area contributed by atoms with E-state index in [0.29, 0.717) is 0 Å². The summed E-state index contributed by atoms with van der Waals surface area (Å²) in [7, 11) is 0. The Bertz CT molecular complexity index is 152. The Labute approximate surface area is 102 Å². The second-order valence-electron chi connectivity index (χ2n) is 5.70. The maximum atomic E-state index is 3.68. The van der Waals surface area contributed by atoms with Crippen molar-refractivity contribution in [1.82, 2.24) is 5.32 Å². The smallest absolute Gasteiger partial charge is 0.00671 e. The minimum atomic E-state index is 0.868. The highest BCUT2D eigenvalue weighted by Crippen LogP contribution is 2.19. The first-order valence-electron chi connectivity index (χ1n) is 7.56. The monoisotopic (exact) mass is 225 g/mol. The van der Waals surface area contributed by atoms with Crippen molar-refractivity contribution in [3.63, 3.8) is 0 Å². The summed E-state index contributed by atoms with van der Waals surface area (Å²) in [6.07, 6.45) is 14.3. The molecule has 1 saturated carbocycles. The highest BCUT2D eigenvalue weighted by molar-refractivity contribution is 4.76. The molecule has 0 aromatic heterocycles. The van der Waals surface area contributed by atoms with Crippen LogP contribution in [0.4, 0.5) is 0 Å². The first-order valence-corrected chi connectivity index (χ1v) is 7.56. The van der Waals surface area contributed by atoms with E-state index in [9.17, 15) is 0 Å². The summed E-state index contributed by atoms with van der Waals surface area (Å²) in [5.41, 5.74) is 0. The Morgan fingerprint density at radius 2 is 1.75 bits per heavy atom. The van der Waals surface area contributed by atoms with Gasteiger partial charge < -0.3 is 5.32 Å². The standard InChI is InChI=1S/C15H31N/c1-3-4-5-6-7-8-10-14(2)13-16-15-11-9-12-15/h14-16H,3-13H2,1-2H3. The summed E-state index contributed by atoms with van der Waals surface area (Å²) >= 11 is 0. The third-order valence-corrected chi connectivity index (χ3v) is 3.91. The molecule has 1 N–H and O–H groups in total. The highest BCUT2D eigenvalue weighted by Gasteiger charge is 2.16. The molecule has 0 saturated heterocycles. The van der Waals surface area contributed by atoms with E-state index in [1.54, 1.807) is 0 Å². The van der Waals surface area contributed by atoms with Crippen molar-refractivity contribution in [2.24, 2.45) is 5.92 Å². The summed E-state index contributed by atoms with van der Waals surface area (Å²) < 4.78 is 0. The van der Waals surface area contributed by atoms with Gasteiger partial charge in [-0.25, -0.2) is 0 Å². The summed E-state index contributed by atoms with van der Waals surface area (Å²) in [6.45, 7) is 5.94. The van der Waals surface area contributed by atoms with Gasteiger partial charge in [0.05, 0.1) is 0 Å². The lowest BCUT2D eigenvalue weighted by Gasteiger charge is -2.28. The molecule has 0 spiro atoms. The van der Waals surface area contributed by atoms with Crippen LogP contribution in [0.5, 0.6) is 0 Å². The van der Waals surface area contributed by atoms with Crippen LogP contribution in [0.2, 0.25) is 0 Å². The van der Waals surface area contributed by atoms with Crippen molar-refractivity contribution < 1.29 is 0 Å². The topological polar surface area (TPSA) is 12.0 Å². The molecule has 0 amide bonds. The maximum Gasteiger partial charge on any atom is 0.00671 e. The van der Waals surface area contributed by atoms with Gasteiger partial charge in [0, 0.05) is 6.04 Å². The van der Waals surface area contributed by atoms with Gasteiger partial charge in [0.1, 0.15) is 0 Å². The van der Waals surface area contributed by atoms with Gasteiger partial charge >= 0.3 is 0 Å². The number of rotatable bonds is 10. The van der Waals surface area contributed by atoms with E-state index in [4.69, 9.17) is 0 Å². The van der Waals surface area contributed by atoms with Gasteiger partial charge in [-0.05, 0) is 31.7 Å². The lowest BCUT2D eigenvalue weighted by Crippen LogP contribution is -2.37. The van der Waals surface area contributed by atoms with Gasteiger partial charge in [-0.2, -0.15) is 0 Å². The molecule has 0 aromatic rings. The molecule has 0 radical (unpaired) electrons. The molecule has 1 aliphatic rings. The van der Waals surface area contributed by atoms with Crippen molar-refractivity contribution in [1.29, 1.82) is 0 Å². The molecular weight excluding hydrogens is 194 g/mol. The minimum absolute atomic E-state index is 0.868. The van der Waals surface area contributed by atoms with E-state index in [2.05, 4.69) is 19.2 Å². The second kappa shape index (κ2) is 9.04. The van der Waals surface area contributed by atoms with Gasteiger partial charge in [-0.15, -0.1) is 0 Å². The molecule has 1 unspecified atom stereocenters. The van der Waals surface area contributed by atoms with Crippen LogP contribution in [0, 0.1) is 5.92 Å². The lowest BCUT2D eigenvalue weighted by molar-refractivity contribution is 0.314. The van der Waals surface area contributed by atoms with Crippen molar-refractivity contribution >= 4 is 0 Å². The van der Waals surface area contributed by atoms with Crippen LogP contribution in [0.25, 0.3) is 0 Å². The number of nitrogens with one attached hydrogen (secondary N) is 1. The predicted molar refractivity (Wildman–Crippen MR) is 72.8 cm³/mol. The van der Waals surface area contributed by atoms with E-state index in [1.165, 1.54) is 70.8 Å². The normalized spacial score (nSPS) is 18.4. The Kier molecular flexibility index (Phi) is 7.92. The van der Waals surface area contributed by atoms with Crippen LogP contribution >= 0.6 is 0 Å². The van der Waals surface area contributed by atoms with Crippen molar-refractivity contribution in [3.05, 3.63) is 0 Å². The van der Waals surface area contributed by atoms with E-state index in [-0.39, 0.29) is 0 Å². The van der Waals surface area contributed by atoms with Gasteiger partial charge in [-0.1, -0.05) is 58.8 Å². The lowest BCUT2D eigenvalue weighted by atomic mass is 9.92. The van der Waals surface area contributed by atoms with Gasteiger partial charge in [0.2, 0.25) is 0 Å². The molecule has 1 aliphatic carbocycles. The molecule has 0 aromatic carbocycles. The molecule has 0 bridgehead atoms. The van der Waals surface area contributed by atoms with Crippen molar-refractivity contribution in [2.45, 2.75) is 84.1 Å². The maximum absolute atomic E-state index is 3.68. The SMILES string of the molecule is CCCCCCCCC(C)CNC1CCC1. The summed E-state index contributed by atoms with van der Waals surface area (Å²) in [5, 5.41) is 3.68. The number of hydrogen-bond acceptors (Lipinski definition) is 1. The molecule has 96 valence electrons. The first kappa shape index (κ1) is 14.0. The van der Waals surface area contributed by atoms with E-state index in [1.807, 2.05) is 0 Å². The molecule has 1 nitrogen and oxygen atoms in total. The quantitative estimate of drug-likeness (QED) is 0.539. The Balaban J connectivity index is 1.80. The molecule has 1 rings (SSSR count). The molecule has 1 atom stereocenters. The fraction of sp³-hybridized carbons (Fsp3) is 1.00. The Morgan fingerprint density at radius 3 is 2.38 bits per heavy atom. The third-order valence-electron chi connectivity index (χ3n) is 3.91. The average molecular weight is 225 g/mol. The largest absolute Gasteiger partial charge is 0.314 e. The van der Waals surface area contributed by atoms with Gasteiger partial charge in [0.15, 0.2) is 0 Å². The van der Waals surface area contributed by atoms with Crippen molar-refractivity contribution in [2.75, 3.05) is 6.54 Å². The van der Waals surface area contributed by atoms with Crippen LogP contribution < -0.4 is 5.32 Å². The van der Waals surface area contributed by atoms with Crippen LogP contribution in [0.3, 0.4) is 0 Å². The summed E-state index contributed by atoms with van der Waals surface area (Å²) in [4.78, 5) is 0.